The van der Waals surface area contributed by atoms with Gasteiger partial charge in [-0.15, -0.1) is 0 Å². The Balaban J connectivity index is 0.956. The number of hydrogen-bond donors (Lipinski definition) is 0. The molecule has 8 atom stereocenters. The smallest absolute Gasteiger partial charge is 0.339 e. The molecule has 5 aromatic rings. The van der Waals surface area contributed by atoms with Gasteiger partial charge >= 0.3 is 23.9 Å². The number of nitro groups is 1. The topological polar surface area (TPSA) is 241 Å². The molecule has 0 spiro atoms. The molecule has 4 aliphatic heterocycles. The van der Waals surface area contributed by atoms with Gasteiger partial charge < -0.3 is 66.3 Å². The van der Waals surface area contributed by atoms with Gasteiger partial charge in [0.2, 0.25) is 25.1 Å². The molecule has 5 aromatic carbocycles. The molecule has 2 aliphatic carbocycles. The highest BCUT2D eigenvalue weighted by atomic mass is 16.7. The minimum absolute atomic E-state index is 0.0890. The molecule has 11 rings (SSSR count). The zero-order valence-electron chi connectivity index (χ0n) is 39.9. The van der Waals surface area contributed by atoms with Crippen LogP contribution in [-0.2, 0) is 28.5 Å². The summed E-state index contributed by atoms with van der Waals surface area (Å²) < 4.78 is 80.8. The van der Waals surface area contributed by atoms with E-state index in [2.05, 4.69) is 0 Å². The normalized spacial score (nSPS) is 23.4. The van der Waals surface area contributed by atoms with Gasteiger partial charge in [0, 0.05) is 46.9 Å². The molecule has 4 heterocycles. The first-order valence-corrected chi connectivity index (χ1v) is 22.9. The van der Waals surface area contributed by atoms with Gasteiger partial charge in [-0.25, -0.2) is 9.59 Å². The van der Waals surface area contributed by atoms with Crippen LogP contribution >= 0.6 is 0 Å². The lowest BCUT2D eigenvalue weighted by Crippen LogP contribution is -2.37. The molecule has 73 heavy (non-hydrogen) atoms. The van der Waals surface area contributed by atoms with Gasteiger partial charge in [0.05, 0.1) is 83.8 Å². The molecular weight excluding hydrogens is 959 g/mol. The van der Waals surface area contributed by atoms with Crippen LogP contribution in [0, 0.1) is 33.8 Å². The molecule has 0 radical (unpaired) electrons. The number of rotatable bonds is 13. The molecule has 0 bridgehead atoms. The highest BCUT2D eigenvalue weighted by molar-refractivity contribution is 5.97. The third-order valence-corrected chi connectivity index (χ3v) is 14.4. The molecule has 0 N–H and O–H groups in total. The molecule has 2 saturated heterocycles. The standard InChI is InChI=1S/C52H45NO20/c1-60-37-10-22(11-38(61-2)47(37)64-5)41-27-14-33-35(70-20-68-33)16-29(27)45(31-18-66-51(56)43(31)41)72-49(54)24-7-25(9-26(8-24)53(58)59)50(55)73-46-30-17-36-34(69-21-71-36)15-28(30)42(44-32(46)19-67-52(44)57)23-12-39(62-3)48(65-6)40(13-23)63-4/h7-17,31-32,41-46H,18-21H2,1-6H3. The van der Waals surface area contributed by atoms with Crippen LogP contribution in [0.5, 0.6) is 57.5 Å². The second-order valence-corrected chi connectivity index (χ2v) is 17.9. The number of ether oxygens (including phenoxy) is 14. The average molecular weight is 1000 g/mol. The fourth-order valence-corrected chi connectivity index (χ4v) is 11.2. The number of non-ortho nitro benzene ring substituents is 1. The first-order valence-electron chi connectivity index (χ1n) is 22.9. The molecule has 0 amide bonds. The summed E-state index contributed by atoms with van der Waals surface area (Å²) in [6.45, 7) is -0.482. The number of fused-ring (bicyclic) bond motifs is 6. The number of carbonyl (C=O) groups is 4. The van der Waals surface area contributed by atoms with E-state index in [1.54, 1.807) is 48.5 Å². The summed E-state index contributed by atoms with van der Waals surface area (Å²) in [5.74, 6) is -4.62. The highest BCUT2D eigenvalue weighted by Crippen LogP contribution is 2.59. The predicted molar refractivity (Wildman–Crippen MR) is 246 cm³/mol. The Morgan fingerprint density at radius 2 is 0.849 bits per heavy atom. The van der Waals surface area contributed by atoms with Crippen molar-refractivity contribution in [1.82, 2.24) is 0 Å². The molecule has 21 nitrogen and oxygen atoms in total. The monoisotopic (exact) mass is 1000 g/mol. The van der Waals surface area contributed by atoms with E-state index < -0.39 is 82.2 Å². The van der Waals surface area contributed by atoms with Crippen LogP contribution in [0.25, 0.3) is 0 Å². The summed E-state index contributed by atoms with van der Waals surface area (Å²) in [4.78, 5) is 68.7. The Morgan fingerprint density at radius 1 is 0.493 bits per heavy atom. The lowest BCUT2D eigenvalue weighted by Gasteiger charge is -2.38. The number of benzene rings is 5. The van der Waals surface area contributed by atoms with Gasteiger partial charge in [-0.1, -0.05) is 0 Å². The van der Waals surface area contributed by atoms with Crippen LogP contribution in [0.3, 0.4) is 0 Å². The first-order chi connectivity index (χ1) is 35.4. The van der Waals surface area contributed by atoms with Gasteiger partial charge in [0.25, 0.3) is 5.69 Å². The van der Waals surface area contributed by atoms with Crippen molar-refractivity contribution >= 4 is 29.6 Å². The molecule has 378 valence electrons. The summed E-state index contributed by atoms with van der Waals surface area (Å²) in [5.41, 5.74) is 1.80. The van der Waals surface area contributed by atoms with E-state index in [1.807, 2.05) is 0 Å². The largest absolute Gasteiger partial charge is 0.493 e. The second-order valence-electron chi connectivity index (χ2n) is 17.9. The van der Waals surface area contributed by atoms with Crippen molar-refractivity contribution in [2.24, 2.45) is 23.7 Å². The second kappa shape index (κ2) is 18.2. The average Bonchev–Trinajstić information content (AvgIpc) is 4.24. The lowest BCUT2D eigenvalue weighted by atomic mass is 9.66. The van der Waals surface area contributed by atoms with Crippen molar-refractivity contribution in [3.05, 3.63) is 121 Å². The first kappa shape index (κ1) is 46.7. The Kier molecular flexibility index (Phi) is 11.7. The van der Waals surface area contributed by atoms with Crippen molar-refractivity contribution in [1.29, 1.82) is 0 Å². The third-order valence-electron chi connectivity index (χ3n) is 14.4. The zero-order chi connectivity index (χ0) is 51.0. The fraction of sp³-hybridized carbons (Fsp3) is 0.346. The summed E-state index contributed by atoms with van der Waals surface area (Å²) in [5, 5.41) is 12.5. The maximum absolute atomic E-state index is 14.6. The number of carbonyl (C=O) groups excluding carboxylic acids is 4. The van der Waals surface area contributed by atoms with Crippen molar-refractivity contribution in [2.45, 2.75) is 24.0 Å². The molecule has 2 fully saturated rings. The molecule has 6 aliphatic rings. The van der Waals surface area contributed by atoms with Crippen LogP contribution in [0.1, 0.15) is 78.1 Å². The maximum Gasteiger partial charge on any atom is 0.339 e. The number of nitro benzene ring substituents is 1. The van der Waals surface area contributed by atoms with Crippen molar-refractivity contribution < 1.29 is 90.4 Å². The zero-order valence-corrected chi connectivity index (χ0v) is 39.9. The van der Waals surface area contributed by atoms with Crippen LogP contribution < -0.4 is 47.4 Å². The van der Waals surface area contributed by atoms with E-state index in [0.717, 1.165) is 18.2 Å². The van der Waals surface area contributed by atoms with Crippen LogP contribution in [0.15, 0.2) is 66.7 Å². The van der Waals surface area contributed by atoms with E-state index >= 15 is 0 Å². The molecule has 21 heteroatoms. The summed E-state index contributed by atoms with van der Waals surface area (Å²) >= 11 is 0. The Bertz CT molecular complexity index is 2900. The van der Waals surface area contributed by atoms with E-state index in [4.69, 9.17) is 66.3 Å². The minimum Gasteiger partial charge on any atom is -0.493 e. The van der Waals surface area contributed by atoms with Crippen LogP contribution in [-0.4, -0.2) is 98.3 Å². The van der Waals surface area contributed by atoms with E-state index in [0.29, 0.717) is 90.9 Å². The Morgan fingerprint density at radius 3 is 1.18 bits per heavy atom. The molecule has 0 saturated carbocycles. The Labute approximate surface area is 415 Å². The summed E-state index contributed by atoms with van der Waals surface area (Å²) in [6, 6.07) is 16.8. The van der Waals surface area contributed by atoms with E-state index in [9.17, 15) is 29.3 Å². The fourth-order valence-electron chi connectivity index (χ4n) is 11.2. The summed E-state index contributed by atoms with van der Waals surface area (Å²) in [6.07, 6.45) is -2.35. The number of esters is 4. The predicted octanol–water partition coefficient (Wildman–Crippen LogP) is 6.77. The summed E-state index contributed by atoms with van der Waals surface area (Å²) in [7, 11) is 8.82. The minimum atomic E-state index is -1.18. The van der Waals surface area contributed by atoms with Gasteiger partial charge in [-0.2, -0.15) is 0 Å². The molecule has 0 aromatic heterocycles. The van der Waals surface area contributed by atoms with Crippen LogP contribution in [0.4, 0.5) is 5.69 Å². The SMILES string of the molecule is COc1cc(C2c3cc4c(cc3C(OC(=O)c3cc(C(=O)OC5c6cc7c(cc6C(c6cc(OC)c(OC)c(OC)c6)C6C(=O)OCC56)OCO7)cc([N+](=O)[O-])c3)C3COC(=O)C23)OCO4)cc(OC)c1OC. The van der Waals surface area contributed by atoms with Crippen molar-refractivity contribution in [3.63, 3.8) is 0 Å². The Hall–Kier alpha value is -8.62. The molecular formula is C52H45NO20. The van der Waals surface area contributed by atoms with E-state index in [-0.39, 0.29) is 37.9 Å². The van der Waals surface area contributed by atoms with Gasteiger partial charge in [-0.05, 0) is 76.9 Å². The number of hydrogen-bond acceptors (Lipinski definition) is 20. The van der Waals surface area contributed by atoms with Gasteiger partial charge in [-0.3, -0.25) is 19.7 Å². The quantitative estimate of drug-likeness (QED) is 0.0511. The van der Waals surface area contributed by atoms with E-state index in [1.165, 1.54) is 42.7 Å². The van der Waals surface area contributed by atoms with Gasteiger partial charge in [0.1, 0.15) is 12.2 Å². The maximum atomic E-state index is 14.6. The lowest BCUT2D eigenvalue weighted by molar-refractivity contribution is -0.384. The number of nitrogens with zero attached hydrogens (tertiary/aromatic N) is 1. The van der Waals surface area contributed by atoms with Gasteiger partial charge in [0.15, 0.2) is 46.0 Å². The van der Waals surface area contributed by atoms with Crippen molar-refractivity contribution in [3.8, 4) is 57.5 Å². The van der Waals surface area contributed by atoms with Crippen molar-refractivity contribution in [2.75, 3.05) is 69.5 Å². The molecule has 8 unspecified atom stereocenters. The van der Waals surface area contributed by atoms with Crippen LogP contribution in [0.2, 0.25) is 0 Å². The number of methoxy groups -OCH3 is 6. The number of cyclic esters (lactones) is 2. The highest BCUT2D eigenvalue weighted by Gasteiger charge is 2.56. The third kappa shape index (κ3) is 7.59.